The molecule has 12 heteroatoms. The van der Waals surface area contributed by atoms with E-state index in [1.54, 1.807) is 0 Å². The number of aromatic nitrogens is 3. The first kappa shape index (κ1) is 20.5. The summed E-state index contributed by atoms with van der Waals surface area (Å²) in [4.78, 5) is 11.2. The number of nitrogens with zero attached hydrogens (tertiary/aromatic N) is 3. The number of anilines is 1. The van der Waals surface area contributed by atoms with Crippen molar-refractivity contribution in [3.05, 3.63) is 48.8 Å². The van der Waals surface area contributed by atoms with Crippen LogP contribution in [0.2, 0.25) is 0 Å². The smallest absolute Gasteiger partial charge is 0.422 e. The van der Waals surface area contributed by atoms with Crippen molar-refractivity contribution >= 4 is 16.2 Å². The van der Waals surface area contributed by atoms with Gasteiger partial charge in [0.25, 0.3) is 0 Å². The lowest BCUT2D eigenvalue weighted by Crippen LogP contribution is -2.19. The predicted octanol–water partition coefficient (Wildman–Crippen LogP) is 3.39. The van der Waals surface area contributed by atoms with Gasteiger partial charge in [0.05, 0.1) is 11.4 Å². The van der Waals surface area contributed by atoms with Crippen molar-refractivity contribution in [3.8, 4) is 28.3 Å². The van der Waals surface area contributed by atoms with Crippen LogP contribution in [0.3, 0.4) is 0 Å². The van der Waals surface area contributed by atoms with Gasteiger partial charge in [-0.2, -0.15) is 21.6 Å². The molecule has 2 N–H and O–H groups in total. The van der Waals surface area contributed by atoms with E-state index >= 15 is 0 Å². The van der Waals surface area contributed by atoms with E-state index in [0.717, 1.165) is 12.1 Å². The largest absolute Gasteiger partial charge is 0.484 e. The molecule has 2 aromatic heterocycles. The standard InChI is InChI=1S/C17H12F4N4O3S/c18-17(19,20)9-28-12-3-1-10(2-4-12)14-5-13(29(21,26)27)6-15(25-14)11-7-23-16(22)24-8-11/h1-8H,9H2,(H2,22,23,24). The minimum atomic E-state index is -5.06. The van der Waals surface area contributed by atoms with Crippen LogP contribution < -0.4 is 10.5 Å². The number of pyridine rings is 1. The summed E-state index contributed by atoms with van der Waals surface area (Å²) < 4.78 is 77.7. The summed E-state index contributed by atoms with van der Waals surface area (Å²) in [7, 11) is -5.06. The molecule has 1 aromatic carbocycles. The number of ether oxygens (including phenoxy) is 1. The second kappa shape index (κ2) is 7.62. The van der Waals surface area contributed by atoms with E-state index in [1.807, 2.05) is 0 Å². The van der Waals surface area contributed by atoms with Crippen molar-refractivity contribution in [2.75, 3.05) is 12.3 Å². The van der Waals surface area contributed by atoms with Crippen LogP contribution in [0.5, 0.6) is 5.75 Å². The fraction of sp³-hybridized carbons (Fsp3) is 0.118. The number of hydrogen-bond donors (Lipinski definition) is 1. The molecule has 0 unspecified atom stereocenters. The van der Waals surface area contributed by atoms with Gasteiger partial charge in [0.2, 0.25) is 5.95 Å². The van der Waals surface area contributed by atoms with Gasteiger partial charge in [0.15, 0.2) is 6.61 Å². The van der Waals surface area contributed by atoms with Crippen LogP contribution in [0.15, 0.2) is 53.7 Å². The quantitative estimate of drug-likeness (QED) is 0.490. The van der Waals surface area contributed by atoms with Gasteiger partial charge in [-0.25, -0.2) is 15.0 Å². The number of nitrogens with two attached hydrogens (primary N) is 1. The second-order valence-electron chi connectivity index (χ2n) is 5.77. The Bertz CT molecular complexity index is 1120. The molecule has 2 heterocycles. The van der Waals surface area contributed by atoms with Gasteiger partial charge in [0.1, 0.15) is 10.6 Å². The van der Waals surface area contributed by atoms with Crippen molar-refractivity contribution in [1.29, 1.82) is 0 Å². The Labute approximate surface area is 162 Å². The van der Waals surface area contributed by atoms with E-state index in [9.17, 15) is 25.5 Å². The van der Waals surface area contributed by atoms with Crippen molar-refractivity contribution < 1.29 is 30.2 Å². The molecule has 0 saturated heterocycles. The zero-order valence-corrected chi connectivity index (χ0v) is 15.2. The molecule has 7 nitrogen and oxygen atoms in total. The predicted molar refractivity (Wildman–Crippen MR) is 95.0 cm³/mol. The highest BCUT2D eigenvalue weighted by Gasteiger charge is 2.28. The summed E-state index contributed by atoms with van der Waals surface area (Å²) in [6.07, 6.45) is -1.91. The Morgan fingerprint density at radius 1 is 0.966 bits per heavy atom. The molecule has 3 rings (SSSR count). The molecule has 0 amide bonds. The summed E-state index contributed by atoms with van der Waals surface area (Å²) in [5.41, 5.74) is 6.16. The Balaban J connectivity index is 2.00. The first-order valence-electron chi connectivity index (χ1n) is 7.86. The van der Waals surface area contributed by atoms with E-state index < -0.39 is 27.9 Å². The minimum absolute atomic E-state index is 0.0160. The lowest BCUT2D eigenvalue weighted by atomic mass is 10.1. The highest BCUT2D eigenvalue weighted by atomic mass is 32.3. The zero-order valence-electron chi connectivity index (χ0n) is 14.4. The van der Waals surface area contributed by atoms with Crippen LogP contribution in [0.4, 0.5) is 23.0 Å². The van der Waals surface area contributed by atoms with E-state index in [1.165, 1.54) is 36.7 Å². The van der Waals surface area contributed by atoms with Crippen LogP contribution >= 0.6 is 0 Å². The highest BCUT2D eigenvalue weighted by molar-refractivity contribution is 7.86. The maximum Gasteiger partial charge on any atom is 0.422 e. The number of alkyl halides is 3. The maximum absolute atomic E-state index is 13.6. The van der Waals surface area contributed by atoms with Crippen molar-refractivity contribution in [2.45, 2.75) is 11.1 Å². The molecule has 0 spiro atoms. The molecule has 0 saturated carbocycles. The van der Waals surface area contributed by atoms with Gasteiger partial charge in [-0.3, -0.25) is 0 Å². The van der Waals surface area contributed by atoms with Gasteiger partial charge in [-0.1, -0.05) is 0 Å². The topological polar surface area (TPSA) is 108 Å². The average molecular weight is 428 g/mol. The molecule has 0 aliphatic heterocycles. The third kappa shape index (κ3) is 5.38. The number of rotatable bonds is 5. The molecule has 152 valence electrons. The average Bonchev–Trinajstić information content (AvgIpc) is 2.66. The van der Waals surface area contributed by atoms with Gasteiger partial charge >= 0.3 is 16.4 Å². The number of nitrogen functional groups attached to an aromatic ring is 1. The van der Waals surface area contributed by atoms with Crippen LogP contribution in [0, 0.1) is 0 Å². The van der Waals surface area contributed by atoms with Gasteiger partial charge in [-0.15, -0.1) is 3.89 Å². The number of halogens is 4. The first-order valence-corrected chi connectivity index (χ1v) is 9.24. The van der Waals surface area contributed by atoms with Crippen molar-refractivity contribution in [2.24, 2.45) is 0 Å². The molecular formula is C17H12F4N4O3S. The van der Waals surface area contributed by atoms with Gasteiger partial charge in [-0.05, 0) is 36.4 Å². The molecule has 3 aromatic rings. The Hall–Kier alpha value is -3.28. The fourth-order valence-corrected chi connectivity index (χ4v) is 2.80. The summed E-state index contributed by atoms with van der Waals surface area (Å²) in [5, 5.41) is 0. The maximum atomic E-state index is 13.6. The van der Waals surface area contributed by atoms with Gasteiger partial charge in [0, 0.05) is 23.5 Å². The SMILES string of the molecule is Nc1ncc(-c2cc(S(=O)(=O)F)cc(-c3ccc(OCC(F)(F)F)cc3)n2)cn1. The zero-order chi connectivity index (χ0) is 21.2. The third-order valence-corrected chi connectivity index (χ3v) is 4.40. The normalized spacial score (nSPS) is 12.0. The summed E-state index contributed by atoms with van der Waals surface area (Å²) in [6.45, 7) is -1.46. The van der Waals surface area contributed by atoms with Gasteiger partial charge < -0.3 is 10.5 Å². The van der Waals surface area contributed by atoms with Crippen LogP contribution in [-0.4, -0.2) is 36.2 Å². The number of hydrogen-bond acceptors (Lipinski definition) is 7. The molecule has 0 aliphatic rings. The third-order valence-electron chi connectivity index (χ3n) is 3.60. The number of benzene rings is 1. The Morgan fingerprint density at radius 3 is 2.03 bits per heavy atom. The Kier molecular flexibility index (Phi) is 5.38. The minimum Gasteiger partial charge on any atom is -0.484 e. The Morgan fingerprint density at radius 2 is 1.52 bits per heavy atom. The second-order valence-corrected chi connectivity index (χ2v) is 7.12. The van der Waals surface area contributed by atoms with Crippen LogP contribution in [-0.2, 0) is 10.2 Å². The highest BCUT2D eigenvalue weighted by Crippen LogP contribution is 2.29. The molecule has 0 fully saturated rings. The molecule has 0 aliphatic carbocycles. The summed E-state index contributed by atoms with van der Waals surface area (Å²) in [5.74, 6) is -0.0646. The van der Waals surface area contributed by atoms with Crippen molar-refractivity contribution in [3.63, 3.8) is 0 Å². The van der Waals surface area contributed by atoms with Crippen LogP contribution in [0.1, 0.15) is 0 Å². The summed E-state index contributed by atoms with van der Waals surface area (Å²) in [6, 6.07) is 7.26. The monoisotopic (exact) mass is 428 g/mol. The first-order chi connectivity index (χ1) is 13.5. The molecule has 0 radical (unpaired) electrons. The van der Waals surface area contributed by atoms with E-state index in [0.29, 0.717) is 5.56 Å². The van der Waals surface area contributed by atoms with E-state index in [2.05, 4.69) is 19.7 Å². The molecular weight excluding hydrogens is 416 g/mol. The molecule has 0 atom stereocenters. The van der Waals surface area contributed by atoms with E-state index in [4.69, 9.17) is 5.73 Å². The van der Waals surface area contributed by atoms with E-state index in [-0.39, 0.29) is 28.6 Å². The summed E-state index contributed by atoms with van der Waals surface area (Å²) >= 11 is 0. The molecule has 29 heavy (non-hydrogen) atoms. The fourth-order valence-electron chi connectivity index (χ4n) is 2.30. The molecule has 0 bridgehead atoms. The lowest BCUT2D eigenvalue weighted by molar-refractivity contribution is -0.153. The lowest BCUT2D eigenvalue weighted by Gasteiger charge is -2.10. The van der Waals surface area contributed by atoms with Crippen LogP contribution in [0.25, 0.3) is 22.5 Å². The van der Waals surface area contributed by atoms with Crippen molar-refractivity contribution in [1.82, 2.24) is 15.0 Å².